The Kier molecular flexibility index (Phi) is 2.88. The summed E-state index contributed by atoms with van der Waals surface area (Å²) in [5.41, 5.74) is 1.00. The maximum atomic E-state index is 10.6. The first-order chi connectivity index (χ1) is 5.18. The summed E-state index contributed by atoms with van der Waals surface area (Å²) >= 11 is 3.39. The monoisotopic (exact) mass is 215 g/mol. The lowest BCUT2D eigenvalue weighted by atomic mass is 10.1. The first kappa shape index (κ1) is 8.53. The van der Waals surface area contributed by atoms with E-state index in [0.29, 0.717) is 0 Å². The summed E-state index contributed by atoms with van der Waals surface area (Å²) in [6, 6.07) is 0. The minimum Gasteiger partial charge on any atom is -0.330 e. The molecule has 0 aromatic heterocycles. The van der Waals surface area contributed by atoms with Gasteiger partial charge in [0.05, 0.1) is 0 Å². The van der Waals surface area contributed by atoms with Crippen LogP contribution in [0.2, 0.25) is 0 Å². The number of allylic oxidation sites excluding steroid dienone is 4. The third-order valence-corrected chi connectivity index (χ3v) is 2.10. The summed E-state index contributed by atoms with van der Waals surface area (Å²) in [5, 5.41) is 2.76. The quantitative estimate of drug-likeness (QED) is 0.714. The Morgan fingerprint density at radius 1 is 1.55 bits per heavy atom. The molecule has 60 valence electrons. The lowest BCUT2D eigenvalue weighted by Crippen LogP contribution is -2.19. The summed E-state index contributed by atoms with van der Waals surface area (Å²) in [7, 11) is 0. The number of halogens is 1. The number of hydrogen-bond donors (Lipinski definition) is 1. The second-order valence-electron chi connectivity index (χ2n) is 2.49. The molecule has 0 radical (unpaired) electrons. The summed E-state index contributed by atoms with van der Waals surface area (Å²) in [5.74, 6) is 0.00247. The van der Waals surface area contributed by atoms with E-state index < -0.39 is 0 Å². The van der Waals surface area contributed by atoms with E-state index in [0.717, 1.165) is 18.5 Å². The van der Waals surface area contributed by atoms with Crippen molar-refractivity contribution in [1.29, 1.82) is 0 Å². The summed E-state index contributed by atoms with van der Waals surface area (Å²) in [6.07, 6.45) is 5.78. The van der Waals surface area contributed by atoms with E-state index in [9.17, 15) is 4.79 Å². The van der Waals surface area contributed by atoms with Crippen LogP contribution in [0.25, 0.3) is 0 Å². The normalized spacial score (nSPS) is 16.9. The van der Waals surface area contributed by atoms with E-state index in [1.807, 2.05) is 12.2 Å². The van der Waals surface area contributed by atoms with Gasteiger partial charge in [0.2, 0.25) is 5.91 Å². The Morgan fingerprint density at radius 3 is 2.73 bits per heavy atom. The third kappa shape index (κ3) is 2.89. The number of carbonyl (C=O) groups is 1. The zero-order valence-corrected chi connectivity index (χ0v) is 7.94. The highest BCUT2D eigenvalue weighted by atomic mass is 79.9. The standard InChI is InChI=1S/C8H10BrNO/c1-6(11)10-8-4-2-7(9)3-5-8/h2,4H,3,5H2,1H3,(H,10,11). The molecule has 1 aliphatic rings. The molecule has 11 heavy (non-hydrogen) atoms. The largest absolute Gasteiger partial charge is 0.330 e. The van der Waals surface area contributed by atoms with Crippen LogP contribution in [0.1, 0.15) is 19.8 Å². The lowest BCUT2D eigenvalue weighted by molar-refractivity contribution is -0.118. The third-order valence-electron chi connectivity index (χ3n) is 1.44. The van der Waals surface area contributed by atoms with Crippen molar-refractivity contribution < 1.29 is 4.79 Å². The molecule has 0 saturated carbocycles. The summed E-state index contributed by atoms with van der Waals surface area (Å²) in [4.78, 5) is 10.6. The van der Waals surface area contributed by atoms with Gasteiger partial charge < -0.3 is 5.32 Å². The first-order valence-electron chi connectivity index (χ1n) is 3.51. The fourth-order valence-corrected chi connectivity index (χ4v) is 1.27. The van der Waals surface area contributed by atoms with E-state index in [-0.39, 0.29) is 5.91 Å². The second kappa shape index (κ2) is 3.72. The highest BCUT2D eigenvalue weighted by Crippen LogP contribution is 2.20. The molecule has 2 nitrogen and oxygen atoms in total. The second-order valence-corrected chi connectivity index (χ2v) is 3.51. The van der Waals surface area contributed by atoms with Gasteiger partial charge in [-0.1, -0.05) is 22.0 Å². The van der Waals surface area contributed by atoms with Crippen LogP contribution in [0, 0.1) is 0 Å². The fraction of sp³-hybridized carbons (Fsp3) is 0.375. The fourth-order valence-electron chi connectivity index (χ4n) is 0.942. The molecule has 0 heterocycles. The van der Waals surface area contributed by atoms with Crippen molar-refractivity contribution in [2.45, 2.75) is 19.8 Å². The number of rotatable bonds is 1. The molecule has 0 bridgehead atoms. The van der Waals surface area contributed by atoms with Gasteiger partial charge in [-0.05, 0) is 23.4 Å². The van der Waals surface area contributed by atoms with Gasteiger partial charge in [0.15, 0.2) is 0 Å². The number of hydrogen-bond acceptors (Lipinski definition) is 1. The molecule has 0 atom stereocenters. The highest BCUT2D eigenvalue weighted by molar-refractivity contribution is 9.11. The maximum absolute atomic E-state index is 10.6. The zero-order valence-electron chi connectivity index (χ0n) is 6.36. The van der Waals surface area contributed by atoms with Crippen molar-refractivity contribution in [3.8, 4) is 0 Å². The van der Waals surface area contributed by atoms with Gasteiger partial charge in [0.25, 0.3) is 0 Å². The maximum Gasteiger partial charge on any atom is 0.220 e. The van der Waals surface area contributed by atoms with Crippen molar-refractivity contribution in [2.24, 2.45) is 0 Å². The average Bonchev–Trinajstić information content (AvgIpc) is 1.93. The van der Waals surface area contributed by atoms with Gasteiger partial charge in [-0.2, -0.15) is 0 Å². The SMILES string of the molecule is CC(=O)NC1=CC=C(Br)CC1. The first-order valence-corrected chi connectivity index (χ1v) is 4.30. The van der Waals surface area contributed by atoms with Gasteiger partial charge in [-0.15, -0.1) is 0 Å². The Bertz CT molecular complexity index is 230. The topological polar surface area (TPSA) is 29.1 Å². The number of carbonyl (C=O) groups excluding carboxylic acids is 1. The number of nitrogens with one attached hydrogen (secondary N) is 1. The zero-order chi connectivity index (χ0) is 8.27. The molecule has 3 heteroatoms. The highest BCUT2D eigenvalue weighted by Gasteiger charge is 2.04. The van der Waals surface area contributed by atoms with Crippen LogP contribution in [-0.4, -0.2) is 5.91 Å². The Balaban J connectivity index is 2.54. The number of amides is 1. The van der Waals surface area contributed by atoms with Crippen LogP contribution in [0.15, 0.2) is 22.3 Å². The Hall–Kier alpha value is -0.570. The molecule has 0 aromatic rings. The molecule has 0 unspecified atom stereocenters. The molecule has 0 saturated heterocycles. The Morgan fingerprint density at radius 2 is 2.27 bits per heavy atom. The smallest absolute Gasteiger partial charge is 0.220 e. The van der Waals surface area contributed by atoms with E-state index in [4.69, 9.17) is 0 Å². The van der Waals surface area contributed by atoms with Crippen molar-refractivity contribution in [3.05, 3.63) is 22.3 Å². The van der Waals surface area contributed by atoms with E-state index in [2.05, 4.69) is 21.2 Å². The van der Waals surface area contributed by atoms with Crippen molar-refractivity contribution in [3.63, 3.8) is 0 Å². The van der Waals surface area contributed by atoms with Gasteiger partial charge in [-0.3, -0.25) is 4.79 Å². The molecule has 1 N–H and O–H groups in total. The van der Waals surface area contributed by atoms with Crippen LogP contribution in [0.4, 0.5) is 0 Å². The molecular weight excluding hydrogens is 206 g/mol. The van der Waals surface area contributed by atoms with Gasteiger partial charge in [0, 0.05) is 12.6 Å². The minimum atomic E-state index is 0.00247. The predicted molar refractivity (Wildman–Crippen MR) is 48.1 cm³/mol. The molecule has 0 aliphatic heterocycles. The molecule has 1 amide bonds. The van der Waals surface area contributed by atoms with Crippen LogP contribution >= 0.6 is 15.9 Å². The van der Waals surface area contributed by atoms with Crippen LogP contribution in [0.5, 0.6) is 0 Å². The molecule has 1 aliphatic carbocycles. The van der Waals surface area contributed by atoms with E-state index >= 15 is 0 Å². The molecular formula is C8H10BrNO. The van der Waals surface area contributed by atoms with Gasteiger partial charge in [0.1, 0.15) is 0 Å². The Labute approximate surface area is 74.5 Å². The molecule has 1 rings (SSSR count). The van der Waals surface area contributed by atoms with Crippen LogP contribution in [0.3, 0.4) is 0 Å². The van der Waals surface area contributed by atoms with Crippen LogP contribution in [-0.2, 0) is 4.79 Å². The minimum absolute atomic E-state index is 0.00247. The van der Waals surface area contributed by atoms with Gasteiger partial charge >= 0.3 is 0 Å². The van der Waals surface area contributed by atoms with Crippen LogP contribution < -0.4 is 5.32 Å². The van der Waals surface area contributed by atoms with Crippen molar-refractivity contribution >= 4 is 21.8 Å². The van der Waals surface area contributed by atoms with E-state index in [1.54, 1.807) is 0 Å². The summed E-state index contributed by atoms with van der Waals surface area (Å²) < 4.78 is 1.19. The summed E-state index contributed by atoms with van der Waals surface area (Å²) in [6.45, 7) is 1.52. The van der Waals surface area contributed by atoms with Gasteiger partial charge in [-0.25, -0.2) is 0 Å². The molecule has 0 fully saturated rings. The molecule has 0 spiro atoms. The molecule has 0 aromatic carbocycles. The average molecular weight is 216 g/mol. The van der Waals surface area contributed by atoms with Crippen molar-refractivity contribution in [1.82, 2.24) is 5.32 Å². The lowest BCUT2D eigenvalue weighted by Gasteiger charge is -2.10. The predicted octanol–water partition coefficient (Wildman–Crippen LogP) is 2.08. The van der Waals surface area contributed by atoms with Crippen molar-refractivity contribution in [2.75, 3.05) is 0 Å². The van der Waals surface area contributed by atoms with E-state index in [1.165, 1.54) is 11.4 Å².